The van der Waals surface area contributed by atoms with Crippen molar-refractivity contribution in [2.45, 2.75) is 16.7 Å². The van der Waals surface area contributed by atoms with Gasteiger partial charge in [-0.3, -0.25) is 0 Å². The molecule has 0 aliphatic carbocycles. The van der Waals surface area contributed by atoms with Crippen molar-refractivity contribution in [2.75, 3.05) is 7.11 Å². The van der Waals surface area contributed by atoms with E-state index in [9.17, 15) is 13.5 Å². The smallest absolute Gasteiger partial charge is 0.207 e. The van der Waals surface area contributed by atoms with Gasteiger partial charge in [0.15, 0.2) is 11.5 Å². The summed E-state index contributed by atoms with van der Waals surface area (Å²) in [4.78, 5) is -0.110. The number of ether oxygens (including phenoxy) is 1. The summed E-state index contributed by atoms with van der Waals surface area (Å²) in [5.41, 5.74) is 0.507. The lowest BCUT2D eigenvalue weighted by atomic mass is 10.2. The van der Waals surface area contributed by atoms with Crippen molar-refractivity contribution >= 4 is 21.4 Å². The summed E-state index contributed by atoms with van der Waals surface area (Å²) < 4.78 is 30.4. The maximum atomic E-state index is 12.7. The fourth-order valence-corrected chi connectivity index (χ4v) is 3.78. The number of rotatable bonds is 3. The molecule has 5 nitrogen and oxygen atoms in total. The van der Waals surface area contributed by atoms with Gasteiger partial charge in [-0.05, 0) is 36.8 Å². The minimum Gasteiger partial charge on any atom is -0.504 e. The fourth-order valence-electron chi connectivity index (χ4n) is 1.95. The normalized spacial score (nSPS) is 11.0. The molecule has 0 bridgehead atoms. The third kappa shape index (κ3) is 2.73. The first-order chi connectivity index (χ1) is 10.3. The van der Waals surface area contributed by atoms with Gasteiger partial charge in [0.05, 0.1) is 28.5 Å². The van der Waals surface area contributed by atoms with E-state index in [1.165, 1.54) is 37.4 Å². The Morgan fingerprint density at radius 2 is 1.95 bits per heavy atom. The van der Waals surface area contributed by atoms with Crippen molar-refractivity contribution in [3.63, 3.8) is 0 Å². The van der Waals surface area contributed by atoms with E-state index in [1.807, 2.05) is 6.07 Å². The number of nitriles is 1. The Morgan fingerprint density at radius 3 is 2.55 bits per heavy atom. The zero-order valence-electron chi connectivity index (χ0n) is 11.8. The molecule has 0 saturated heterocycles. The molecule has 2 rings (SSSR count). The Kier molecular flexibility index (Phi) is 4.31. The molecule has 22 heavy (non-hydrogen) atoms. The van der Waals surface area contributed by atoms with Crippen LogP contribution >= 0.6 is 11.6 Å². The standard InChI is InChI=1S/C15H12ClNO4S/c1-9-12(16)5-10(8-17)6-15(9)22(19,20)11-3-4-13(18)14(7-11)21-2/h3-7,18H,1-2H3. The van der Waals surface area contributed by atoms with E-state index in [1.54, 1.807) is 6.92 Å². The number of sulfone groups is 1. The molecule has 0 saturated carbocycles. The highest BCUT2D eigenvalue weighted by Crippen LogP contribution is 2.34. The summed E-state index contributed by atoms with van der Waals surface area (Å²) >= 11 is 5.99. The second-order valence-electron chi connectivity index (χ2n) is 4.53. The Hall–Kier alpha value is -2.23. The van der Waals surface area contributed by atoms with E-state index in [4.69, 9.17) is 21.6 Å². The van der Waals surface area contributed by atoms with Gasteiger partial charge in [0.2, 0.25) is 9.84 Å². The number of hydrogen-bond donors (Lipinski definition) is 1. The molecule has 0 amide bonds. The van der Waals surface area contributed by atoms with Gasteiger partial charge < -0.3 is 9.84 Å². The lowest BCUT2D eigenvalue weighted by Crippen LogP contribution is -2.05. The molecule has 0 heterocycles. The Labute approximate surface area is 133 Å². The van der Waals surface area contributed by atoms with Crippen LogP contribution in [0.4, 0.5) is 0 Å². The Bertz CT molecular complexity index is 885. The first kappa shape index (κ1) is 16.1. The minimum atomic E-state index is -3.90. The molecule has 0 aromatic heterocycles. The number of methoxy groups -OCH3 is 1. The summed E-state index contributed by atoms with van der Waals surface area (Å²) in [6.45, 7) is 1.56. The predicted molar refractivity (Wildman–Crippen MR) is 81.0 cm³/mol. The van der Waals surface area contributed by atoms with Gasteiger partial charge in [-0.2, -0.15) is 5.26 Å². The largest absolute Gasteiger partial charge is 0.504 e. The van der Waals surface area contributed by atoms with Gasteiger partial charge in [-0.25, -0.2) is 8.42 Å². The maximum absolute atomic E-state index is 12.7. The molecule has 0 unspecified atom stereocenters. The van der Waals surface area contributed by atoms with E-state index < -0.39 is 9.84 Å². The second kappa shape index (κ2) is 5.87. The van der Waals surface area contributed by atoms with Crippen LogP contribution < -0.4 is 4.74 Å². The molecule has 0 radical (unpaired) electrons. The number of benzene rings is 2. The van der Waals surface area contributed by atoms with Gasteiger partial charge in [-0.15, -0.1) is 0 Å². The lowest BCUT2D eigenvalue weighted by molar-refractivity contribution is 0.372. The van der Waals surface area contributed by atoms with Crippen LogP contribution in [0.2, 0.25) is 5.02 Å². The monoisotopic (exact) mass is 337 g/mol. The van der Waals surface area contributed by atoms with Crippen LogP contribution in [-0.2, 0) is 9.84 Å². The number of halogens is 1. The zero-order chi connectivity index (χ0) is 16.5. The number of phenols is 1. The highest BCUT2D eigenvalue weighted by Gasteiger charge is 2.23. The summed E-state index contributed by atoms with van der Waals surface area (Å²) in [5, 5.41) is 18.7. The Morgan fingerprint density at radius 1 is 1.27 bits per heavy atom. The number of phenolic OH excluding ortho intramolecular Hbond substituents is 1. The molecule has 0 aliphatic heterocycles. The SMILES string of the molecule is COc1cc(S(=O)(=O)c2cc(C#N)cc(Cl)c2C)ccc1O. The van der Waals surface area contributed by atoms with E-state index in [0.29, 0.717) is 5.56 Å². The van der Waals surface area contributed by atoms with Gasteiger partial charge in [0.25, 0.3) is 0 Å². The third-order valence-electron chi connectivity index (χ3n) is 3.18. The maximum Gasteiger partial charge on any atom is 0.207 e. The van der Waals surface area contributed by atoms with E-state index in [0.717, 1.165) is 0 Å². The van der Waals surface area contributed by atoms with Gasteiger partial charge in [0.1, 0.15) is 0 Å². The summed E-state index contributed by atoms with van der Waals surface area (Å²) in [7, 11) is -2.58. The molecule has 1 N–H and O–H groups in total. The molecule has 0 atom stereocenters. The number of aromatic hydroxyl groups is 1. The highest BCUT2D eigenvalue weighted by atomic mass is 35.5. The van der Waals surface area contributed by atoms with E-state index >= 15 is 0 Å². The van der Waals surface area contributed by atoms with Crippen LogP contribution in [0.1, 0.15) is 11.1 Å². The van der Waals surface area contributed by atoms with Crippen LogP contribution in [0.15, 0.2) is 40.1 Å². The molecule has 0 aliphatic rings. The molecular formula is C15H12ClNO4S. The van der Waals surface area contributed by atoms with Crippen LogP contribution in [0.3, 0.4) is 0 Å². The van der Waals surface area contributed by atoms with Crippen molar-refractivity contribution < 1.29 is 18.3 Å². The zero-order valence-corrected chi connectivity index (χ0v) is 13.4. The number of nitrogens with zero attached hydrogens (tertiary/aromatic N) is 1. The molecule has 0 spiro atoms. The molecule has 2 aromatic rings. The summed E-state index contributed by atoms with van der Waals surface area (Å²) in [6.07, 6.45) is 0. The lowest BCUT2D eigenvalue weighted by Gasteiger charge is -2.11. The van der Waals surface area contributed by atoms with Crippen molar-refractivity contribution in [2.24, 2.45) is 0 Å². The molecule has 2 aromatic carbocycles. The minimum absolute atomic E-state index is 0.0428. The van der Waals surface area contributed by atoms with Crippen molar-refractivity contribution in [3.8, 4) is 17.6 Å². The summed E-state index contributed by atoms with van der Waals surface area (Å²) in [6, 6.07) is 8.28. The van der Waals surface area contributed by atoms with Crippen LogP contribution in [0, 0.1) is 18.3 Å². The highest BCUT2D eigenvalue weighted by molar-refractivity contribution is 7.91. The van der Waals surface area contributed by atoms with Crippen molar-refractivity contribution in [3.05, 3.63) is 46.5 Å². The predicted octanol–water partition coefficient (Wildman–Crippen LogP) is 3.07. The van der Waals surface area contributed by atoms with Crippen LogP contribution in [0.25, 0.3) is 0 Å². The quantitative estimate of drug-likeness (QED) is 0.930. The molecule has 114 valence electrons. The van der Waals surface area contributed by atoms with Crippen LogP contribution in [-0.4, -0.2) is 20.6 Å². The topological polar surface area (TPSA) is 87.4 Å². The fraction of sp³-hybridized carbons (Fsp3) is 0.133. The molecular weight excluding hydrogens is 326 g/mol. The van der Waals surface area contributed by atoms with Crippen molar-refractivity contribution in [1.82, 2.24) is 0 Å². The average molecular weight is 338 g/mol. The van der Waals surface area contributed by atoms with E-state index in [2.05, 4.69) is 0 Å². The van der Waals surface area contributed by atoms with Gasteiger partial charge >= 0.3 is 0 Å². The third-order valence-corrected chi connectivity index (χ3v) is 5.45. The van der Waals surface area contributed by atoms with Crippen molar-refractivity contribution in [1.29, 1.82) is 5.26 Å². The van der Waals surface area contributed by atoms with Gasteiger partial charge in [-0.1, -0.05) is 11.6 Å². The molecule has 0 fully saturated rings. The first-order valence-electron chi connectivity index (χ1n) is 6.13. The Balaban J connectivity index is 2.71. The average Bonchev–Trinajstić information content (AvgIpc) is 2.49. The number of hydrogen-bond acceptors (Lipinski definition) is 5. The van der Waals surface area contributed by atoms with E-state index in [-0.39, 0.29) is 31.9 Å². The molecule has 7 heteroatoms. The first-order valence-corrected chi connectivity index (χ1v) is 7.99. The van der Waals surface area contributed by atoms with Gasteiger partial charge in [0, 0.05) is 11.1 Å². The van der Waals surface area contributed by atoms with Crippen LogP contribution in [0.5, 0.6) is 11.5 Å². The summed E-state index contributed by atoms with van der Waals surface area (Å²) in [5.74, 6) is -0.122. The second-order valence-corrected chi connectivity index (χ2v) is 6.86.